The van der Waals surface area contributed by atoms with Gasteiger partial charge in [-0.25, -0.2) is 9.50 Å². The summed E-state index contributed by atoms with van der Waals surface area (Å²) in [6, 6.07) is 3.51. The highest BCUT2D eigenvalue weighted by Gasteiger charge is 2.16. The number of fused-ring (bicyclic) bond motifs is 1. The first-order chi connectivity index (χ1) is 12.5. The average Bonchev–Trinajstić information content (AvgIpc) is 3.27. The Morgan fingerprint density at radius 3 is 2.65 bits per heavy atom. The molecule has 9 nitrogen and oxygen atoms in total. The third-order valence-electron chi connectivity index (χ3n) is 3.99. The number of hydrogen-bond acceptors (Lipinski definition) is 5. The van der Waals surface area contributed by atoms with Crippen molar-refractivity contribution in [3.05, 3.63) is 47.2 Å². The Hall–Kier alpha value is -3.23. The maximum absolute atomic E-state index is 12.5. The number of H-pyrrole nitrogens is 1. The van der Waals surface area contributed by atoms with Crippen LogP contribution in [0.4, 0.5) is 0 Å². The molecule has 9 heteroatoms. The number of amides is 2. The molecule has 0 saturated heterocycles. The first kappa shape index (κ1) is 17.6. The van der Waals surface area contributed by atoms with Crippen molar-refractivity contribution in [2.75, 3.05) is 13.1 Å². The van der Waals surface area contributed by atoms with Gasteiger partial charge in [0.2, 0.25) is 0 Å². The fourth-order valence-corrected chi connectivity index (χ4v) is 2.61. The molecule has 1 unspecified atom stereocenters. The summed E-state index contributed by atoms with van der Waals surface area (Å²) in [5, 5.41) is 16.2. The van der Waals surface area contributed by atoms with Crippen molar-refractivity contribution in [2.45, 2.75) is 20.8 Å². The molecule has 0 aromatic carbocycles. The number of aromatic nitrogens is 5. The van der Waals surface area contributed by atoms with Gasteiger partial charge in [-0.3, -0.25) is 14.7 Å². The summed E-state index contributed by atoms with van der Waals surface area (Å²) in [6.07, 6.45) is 3.04. The van der Waals surface area contributed by atoms with E-state index in [2.05, 4.69) is 30.9 Å². The van der Waals surface area contributed by atoms with Crippen LogP contribution >= 0.6 is 0 Å². The number of hydrogen-bond donors (Lipinski definition) is 3. The van der Waals surface area contributed by atoms with Crippen LogP contribution < -0.4 is 10.6 Å². The van der Waals surface area contributed by atoms with E-state index in [-0.39, 0.29) is 17.7 Å². The van der Waals surface area contributed by atoms with E-state index in [0.29, 0.717) is 30.0 Å². The number of aryl methyl sites for hydroxylation is 2. The lowest BCUT2D eigenvalue weighted by Crippen LogP contribution is -2.35. The molecule has 0 bridgehead atoms. The molecule has 0 aliphatic heterocycles. The van der Waals surface area contributed by atoms with E-state index in [1.165, 1.54) is 12.4 Å². The van der Waals surface area contributed by atoms with E-state index in [9.17, 15) is 9.59 Å². The highest BCUT2D eigenvalue weighted by Crippen LogP contribution is 2.11. The lowest BCUT2D eigenvalue weighted by molar-refractivity contribution is 0.0939. The molecule has 0 aliphatic rings. The molecule has 0 aliphatic carbocycles. The second-order valence-electron chi connectivity index (χ2n) is 6.33. The van der Waals surface area contributed by atoms with E-state index in [1.54, 1.807) is 10.6 Å². The van der Waals surface area contributed by atoms with Gasteiger partial charge in [0.1, 0.15) is 11.3 Å². The van der Waals surface area contributed by atoms with Gasteiger partial charge in [-0.2, -0.15) is 10.2 Å². The Labute approximate surface area is 150 Å². The van der Waals surface area contributed by atoms with Crippen LogP contribution in [0.1, 0.15) is 39.2 Å². The molecule has 0 fully saturated rings. The Balaban J connectivity index is 1.56. The number of nitrogens with one attached hydrogen (secondary N) is 3. The molecule has 0 radical (unpaired) electrons. The number of rotatable bonds is 6. The monoisotopic (exact) mass is 355 g/mol. The molecule has 3 heterocycles. The smallest absolute Gasteiger partial charge is 0.269 e. The Bertz CT molecular complexity index is 930. The van der Waals surface area contributed by atoms with Crippen molar-refractivity contribution in [1.29, 1.82) is 0 Å². The van der Waals surface area contributed by atoms with E-state index in [4.69, 9.17) is 0 Å². The van der Waals surface area contributed by atoms with Gasteiger partial charge in [-0.1, -0.05) is 6.92 Å². The molecule has 0 spiro atoms. The largest absolute Gasteiger partial charge is 0.352 e. The van der Waals surface area contributed by atoms with Crippen molar-refractivity contribution in [2.24, 2.45) is 5.92 Å². The Kier molecular flexibility index (Phi) is 4.97. The summed E-state index contributed by atoms with van der Waals surface area (Å²) in [4.78, 5) is 28.7. The molecule has 3 aromatic heterocycles. The van der Waals surface area contributed by atoms with Crippen molar-refractivity contribution >= 4 is 17.5 Å². The molecule has 2 amide bonds. The van der Waals surface area contributed by atoms with Gasteiger partial charge in [0.05, 0.1) is 6.20 Å². The van der Waals surface area contributed by atoms with Crippen LogP contribution in [-0.4, -0.2) is 49.7 Å². The third kappa shape index (κ3) is 3.71. The minimum atomic E-state index is -0.232. The maximum atomic E-state index is 12.5. The zero-order valence-electron chi connectivity index (χ0n) is 14.9. The Morgan fingerprint density at radius 1 is 1.23 bits per heavy atom. The van der Waals surface area contributed by atoms with Crippen LogP contribution in [0.3, 0.4) is 0 Å². The van der Waals surface area contributed by atoms with Crippen LogP contribution in [0.15, 0.2) is 24.5 Å². The van der Waals surface area contributed by atoms with E-state index < -0.39 is 0 Å². The highest BCUT2D eigenvalue weighted by molar-refractivity contribution is 5.99. The fraction of sp³-hybridized carbons (Fsp3) is 0.353. The SMILES string of the molecule is Cc1cc(C)n2ncc(C(=O)NCC(C)CNC(=O)c3ccn[nH]3)c2n1. The molecular formula is C17H21N7O2. The van der Waals surface area contributed by atoms with Gasteiger partial charge >= 0.3 is 0 Å². The van der Waals surface area contributed by atoms with Gasteiger partial charge in [-0.05, 0) is 31.9 Å². The Morgan fingerprint density at radius 2 is 1.96 bits per heavy atom. The molecule has 0 saturated carbocycles. The number of nitrogens with zero attached hydrogens (tertiary/aromatic N) is 4. The van der Waals surface area contributed by atoms with Crippen LogP contribution in [0.2, 0.25) is 0 Å². The standard InChI is InChI=1S/C17H21N7O2/c1-10(8-19-17(26)14-4-5-20-23-14)7-18-16(25)13-9-21-24-12(3)6-11(2)22-15(13)24/h4-6,9-10H,7-8H2,1-3H3,(H,18,25)(H,19,26)(H,20,23). The van der Waals surface area contributed by atoms with Crippen LogP contribution in [0, 0.1) is 19.8 Å². The summed E-state index contributed by atoms with van der Waals surface area (Å²) >= 11 is 0. The van der Waals surface area contributed by atoms with Crippen molar-refractivity contribution < 1.29 is 9.59 Å². The molecule has 3 N–H and O–H groups in total. The lowest BCUT2D eigenvalue weighted by Gasteiger charge is -2.13. The molecule has 3 rings (SSSR count). The van der Waals surface area contributed by atoms with Gasteiger partial charge in [-0.15, -0.1) is 0 Å². The van der Waals surface area contributed by atoms with Crippen molar-refractivity contribution in [3.63, 3.8) is 0 Å². The average molecular weight is 355 g/mol. The van der Waals surface area contributed by atoms with Gasteiger partial charge in [0.15, 0.2) is 5.65 Å². The minimum absolute atomic E-state index is 0.0593. The maximum Gasteiger partial charge on any atom is 0.269 e. The molecule has 1 atom stereocenters. The molecule has 3 aromatic rings. The topological polar surface area (TPSA) is 117 Å². The van der Waals surface area contributed by atoms with Crippen LogP contribution in [0.5, 0.6) is 0 Å². The lowest BCUT2D eigenvalue weighted by atomic mass is 10.1. The van der Waals surface area contributed by atoms with Crippen LogP contribution in [0.25, 0.3) is 5.65 Å². The number of carbonyl (C=O) groups is 2. The quantitative estimate of drug-likeness (QED) is 0.606. The molecular weight excluding hydrogens is 334 g/mol. The minimum Gasteiger partial charge on any atom is -0.352 e. The summed E-state index contributed by atoms with van der Waals surface area (Å²) in [5.41, 5.74) is 3.14. The van der Waals surface area contributed by atoms with E-state index in [1.807, 2.05) is 26.8 Å². The zero-order chi connectivity index (χ0) is 18.7. The number of aromatic amines is 1. The zero-order valence-corrected chi connectivity index (χ0v) is 14.9. The summed E-state index contributed by atoms with van der Waals surface area (Å²) in [5.74, 6) is -0.396. The first-order valence-corrected chi connectivity index (χ1v) is 8.33. The van der Waals surface area contributed by atoms with Gasteiger partial charge < -0.3 is 10.6 Å². The first-order valence-electron chi connectivity index (χ1n) is 8.33. The number of carbonyl (C=O) groups excluding carboxylic acids is 2. The molecule has 136 valence electrons. The van der Waals surface area contributed by atoms with Crippen LogP contribution in [-0.2, 0) is 0 Å². The summed E-state index contributed by atoms with van der Waals surface area (Å²) < 4.78 is 1.65. The van der Waals surface area contributed by atoms with Gasteiger partial charge in [0.25, 0.3) is 11.8 Å². The second kappa shape index (κ2) is 7.34. The van der Waals surface area contributed by atoms with E-state index >= 15 is 0 Å². The normalized spacial score (nSPS) is 12.1. The predicted molar refractivity (Wildman–Crippen MR) is 94.9 cm³/mol. The summed E-state index contributed by atoms with van der Waals surface area (Å²) in [6.45, 7) is 6.59. The third-order valence-corrected chi connectivity index (χ3v) is 3.99. The second-order valence-corrected chi connectivity index (χ2v) is 6.33. The fourth-order valence-electron chi connectivity index (χ4n) is 2.61. The summed E-state index contributed by atoms with van der Waals surface area (Å²) in [7, 11) is 0. The van der Waals surface area contributed by atoms with Crippen molar-refractivity contribution in [3.8, 4) is 0 Å². The highest BCUT2D eigenvalue weighted by atomic mass is 16.2. The van der Waals surface area contributed by atoms with E-state index in [0.717, 1.165) is 11.4 Å². The van der Waals surface area contributed by atoms with Gasteiger partial charge in [0, 0.05) is 30.7 Å². The predicted octanol–water partition coefficient (Wildman–Crippen LogP) is 0.865. The molecule has 26 heavy (non-hydrogen) atoms. The van der Waals surface area contributed by atoms with Crippen molar-refractivity contribution in [1.82, 2.24) is 35.4 Å².